The second-order valence-electron chi connectivity index (χ2n) is 3.82. The van der Waals surface area contributed by atoms with Crippen LogP contribution in [0.2, 0.25) is 5.02 Å². The molecule has 0 unspecified atom stereocenters. The number of aromatic nitrogens is 2. The summed E-state index contributed by atoms with van der Waals surface area (Å²) < 4.78 is 7.05. The van der Waals surface area contributed by atoms with Gasteiger partial charge in [-0.1, -0.05) is 11.6 Å². The molecule has 0 aliphatic heterocycles. The Hall–Kier alpha value is -1.07. The normalized spacial score (nSPS) is 11.1. The first-order valence-corrected chi connectivity index (χ1v) is 6.20. The van der Waals surface area contributed by atoms with Gasteiger partial charge >= 0.3 is 0 Å². The highest BCUT2D eigenvalue weighted by Gasteiger charge is 2.23. The van der Waals surface area contributed by atoms with Gasteiger partial charge in [0, 0.05) is 6.04 Å². The summed E-state index contributed by atoms with van der Waals surface area (Å²) in [5.74, 6) is -0.207. The molecule has 6 heteroatoms. The minimum absolute atomic E-state index is 0.0622. The van der Waals surface area contributed by atoms with Crippen molar-refractivity contribution in [2.75, 3.05) is 0 Å². The van der Waals surface area contributed by atoms with Crippen molar-refractivity contribution in [2.45, 2.75) is 19.9 Å². The fraction of sp³-hybridized carbons (Fsp3) is 0.273. The van der Waals surface area contributed by atoms with Gasteiger partial charge in [0.15, 0.2) is 4.67 Å². The van der Waals surface area contributed by atoms with E-state index in [9.17, 15) is 4.79 Å². The van der Waals surface area contributed by atoms with E-state index in [1.165, 1.54) is 12.5 Å². The number of halogens is 2. The number of carbonyl (C=O) groups excluding carboxylic acids is 1. The van der Waals surface area contributed by atoms with Crippen LogP contribution in [0.5, 0.6) is 0 Å². The summed E-state index contributed by atoms with van der Waals surface area (Å²) >= 11 is 9.18. The van der Waals surface area contributed by atoms with Crippen molar-refractivity contribution in [3.8, 4) is 0 Å². The SMILES string of the molecule is CC(C)n1ncc(Cl)c1C(=O)c1ccoc1Br. The Morgan fingerprint density at radius 3 is 2.82 bits per heavy atom. The molecule has 2 rings (SSSR count). The first kappa shape index (κ1) is 12.4. The van der Waals surface area contributed by atoms with Gasteiger partial charge in [0.2, 0.25) is 5.78 Å². The van der Waals surface area contributed by atoms with Gasteiger partial charge in [-0.05, 0) is 35.8 Å². The van der Waals surface area contributed by atoms with Crippen molar-refractivity contribution in [3.05, 3.63) is 39.5 Å². The number of rotatable bonds is 3. The van der Waals surface area contributed by atoms with Crippen molar-refractivity contribution in [1.82, 2.24) is 9.78 Å². The lowest BCUT2D eigenvalue weighted by molar-refractivity contribution is 0.102. The van der Waals surface area contributed by atoms with Crippen LogP contribution in [-0.2, 0) is 0 Å². The number of hydrogen-bond donors (Lipinski definition) is 0. The highest BCUT2D eigenvalue weighted by molar-refractivity contribution is 9.10. The van der Waals surface area contributed by atoms with Gasteiger partial charge in [-0.25, -0.2) is 0 Å². The summed E-state index contributed by atoms with van der Waals surface area (Å²) in [5.41, 5.74) is 0.818. The molecule has 0 spiro atoms. The zero-order chi connectivity index (χ0) is 12.6. The van der Waals surface area contributed by atoms with Crippen LogP contribution >= 0.6 is 27.5 Å². The van der Waals surface area contributed by atoms with Crippen molar-refractivity contribution in [1.29, 1.82) is 0 Å². The monoisotopic (exact) mass is 316 g/mol. The first-order valence-electron chi connectivity index (χ1n) is 5.03. The Morgan fingerprint density at radius 1 is 1.59 bits per heavy atom. The zero-order valence-electron chi connectivity index (χ0n) is 9.28. The molecule has 2 heterocycles. The minimum atomic E-state index is -0.207. The van der Waals surface area contributed by atoms with Crippen molar-refractivity contribution >= 4 is 33.3 Å². The highest BCUT2D eigenvalue weighted by atomic mass is 79.9. The van der Waals surface area contributed by atoms with Crippen LogP contribution in [0, 0.1) is 0 Å². The van der Waals surface area contributed by atoms with Gasteiger partial charge < -0.3 is 4.42 Å². The minimum Gasteiger partial charge on any atom is -0.457 e. The molecule has 0 saturated heterocycles. The largest absolute Gasteiger partial charge is 0.457 e. The molecule has 0 atom stereocenters. The van der Waals surface area contributed by atoms with Gasteiger partial charge in [-0.3, -0.25) is 9.48 Å². The third-order valence-electron chi connectivity index (χ3n) is 2.32. The summed E-state index contributed by atoms with van der Waals surface area (Å²) in [7, 11) is 0. The van der Waals surface area contributed by atoms with Crippen LogP contribution in [0.15, 0.2) is 27.6 Å². The third-order valence-corrected chi connectivity index (χ3v) is 3.21. The maximum Gasteiger partial charge on any atom is 0.217 e. The molecule has 0 aliphatic carbocycles. The van der Waals surface area contributed by atoms with Gasteiger partial charge in [0.1, 0.15) is 5.69 Å². The maximum atomic E-state index is 12.3. The maximum absolute atomic E-state index is 12.3. The number of ketones is 1. The number of carbonyl (C=O) groups is 1. The standard InChI is InChI=1S/C11H10BrClN2O2/c1-6(2)15-9(8(13)5-14-15)10(16)7-3-4-17-11(7)12/h3-6H,1-2H3. The molecule has 90 valence electrons. The summed E-state index contributed by atoms with van der Waals surface area (Å²) in [5, 5.41) is 4.44. The molecule has 17 heavy (non-hydrogen) atoms. The summed E-state index contributed by atoms with van der Waals surface area (Å²) in [6, 6.07) is 1.66. The van der Waals surface area contributed by atoms with Gasteiger partial charge in [0.25, 0.3) is 0 Å². The van der Waals surface area contributed by atoms with Gasteiger partial charge in [0.05, 0.1) is 23.0 Å². The Morgan fingerprint density at radius 2 is 2.29 bits per heavy atom. The summed E-state index contributed by atoms with van der Waals surface area (Å²) in [4.78, 5) is 12.3. The molecular weight excluding hydrogens is 307 g/mol. The number of nitrogens with zero attached hydrogens (tertiary/aromatic N) is 2. The molecule has 2 aromatic rings. The fourth-order valence-corrected chi connectivity index (χ4v) is 2.16. The molecule has 0 aliphatic rings. The third kappa shape index (κ3) is 2.17. The number of hydrogen-bond acceptors (Lipinski definition) is 3. The molecule has 0 amide bonds. The van der Waals surface area contributed by atoms with Crippen molar-refractivity contribution in [2.24, 2.45) is 0 Å². The Bertz CT molecular complexity index is 560. The smallest absolute Gasteiger partial charge is 0.217 e. The Balaban J connectivity index is 2.51. The lowest BCUT2D eigenvalue weighted by Gasteiger charge is -2.09. The van der Waals surface area contributed by atoms with Crippen LogP contribution < -0.4 is 0 Å². The molecule has 0 fully saturated rings. The molecule has 4 nitrogen and oxygen atoms in total. The Kier molecular flexibility index (Phi) is 3.40. The molecule has 0 radical (unpaired) electrons. The number of furan rings is 1. The topological polar surface area (TPSA) is 48.0 Å². The molecule has 0 bridgehead atoms. The zero-order valence-corrected chi connectivity index (χ0v) is 11.6. The van der Waals surface area contributed by atoms with Gasteiger partial charge in [-0.2, -0.15) is 5.10 Å². The van der Waals surface area contributed by atoms with E-state index in [1.807, 2.05) is 13.8 Å². The average molecular weight is 318 g/mol. The molecule has 0 aromatic carbocycles. The van der Waals surface area contributed by atoms with E-state index in [0.29, 0.717) is 20.9 Å². The average Bonchev–Trinajstić information content (AvgIpc) is 2.83. The van der Waals surface area contributed by atoms with Crippen molar-refractivity contribution in [3.63, 3.8) is 0 Å². The summed E-state index contributed by atoms with van der Waals surface area (Å²) in [6.45, 7) is 3.87. The predicted molar refractivity (Wildman–Crippen MR) is 67.5 cm³/mol. The van der Waals surface area contributed by atoms with E-state index in [1.54, 1.807) is 10.7 Å². The van der Waals surface area contributed by atoms with Crippen LogP contribution in [0.1, 0.15) is 35.9 Å². The van der Waals surface area contributed by atoms with Crippen LogP contribution in [0.3, 0.4) is 0 Å². The van der Waals surface area contributed by atoms with Crippen LogP contribution in [0.25, 0.3) is 0 Å². The first-order chi connectivity index (χ1) is 8.02. The molecule has 0 saturated carbocycles. The van der Waals surface area contributed by atoms with E-state index < -0.39 is 0 Å². The second kappa shape index (κ2) is 4.66. The van der Waals surface area contributed by atoms with Crippen LogP contribution in [0.4, 0.5) is 0 Å². The fourth-order valence-electron chi connectivity index (χ4n) is 1.53. The summed E-state index contributed by atoms with van der Waals surface area (Å²) in [6.07, 6.45) is 2.92. The van der Waals surface area contributed by atoms with E-state index >= 15 is 0 Å². The second-order valence-corrected chi connectivity index (χ2v) is 4.94. The van der Waals surface area contributed by atoms with Crippen molar-refractivity contribution < 1.29 is 9.21 Å². The van der Waals surface area contributed by atoms with E-state index in [-0.39, 0.29) is 11.8 Å². The Labute approximate surface area is 112 Å². The van der Waals surface area contributed by atoms with Crippen LogP contribution in [-0.4, -0.2) is 15.6 Å². The quantitative estimate of drug-likeness (QED) is 0.811. The van der Waals surface area contributed by atoms with E-state index in [2.05, 4.69) is 21.0 Å². The lowest BCUT2D eigenvalue weighted by atomic mass is 10.1. The molecule has 0 N–H and O–H groups in total. The van der Waals surface area contributed by atoms with E-state index in [4.69, 9.17) is 16.0 Å². The lowest BCUT2D eigenvalue weighted by Crippen LogP contribution is -2.13. The highest BCUT2D eigenvalue weighted by Crippen LogP contribution is 2.26. The molecular formula is C11H10BrClN2O2. The van der Waals surface area contributed by atoms with E-state index in [0.717, 1.165) is 0 Å². The van der Waals surface area contributed by atoms with Gasteiger partial charge in [-0.15, -0.1) is 0 Å². The molecule has 2 aromatic heterocycles. The predicted octanol–water partition coefficient (Wildman–Crippen LogP) is 3.70.